The zero-order chi connectivity index (χ0) is 16.6. The number of nitrogens with zero attached hydrogens (tertiary/aromatic N) is 2. The number of piperazine rings is 1. The van der Waals surface area contributed by atoms with E-state index in [1.54, 1.807) is 4.90 Å². The lowest BCUT2D eigenvalue weighted by Crippen LogP contribution is -2.60. The summed E-state index contributed by atoms with van der Waals surface area (Å²) in [4.78, 5) is 29.0. The average molecular weight is 314 g/mol. The largest absolute Gasteiger partial charge is 0.336 e. The van der Waals surface area contributed by atoms with Gasteiger partial charge >= 0.3 is 0 Å². The van der Waals surface area contributed by atoms with E-state index in [4.69, 9.17) is 0 Å². The Labute approximate surface area is 138 Å². The second-order valence-electron chi connectivity index (χ2n) is 7.26. The molecule has 2 aliphatic heterocycles. The Kier molecular flexibility index (Phi) is 4.42. The van der Waals surface area contributed by atoms with Gasteiger partial charge in [-0.05, 0) is 49.8 Å². The Morgan fingerprint density at radius 3 is 2.61 bits per heavy atom. The lowest BCUT2D eigenvalue weighted by atomic mass is 10.0. The summed E-state index contributed by atoms with van der Waals surface area (Å²) in [5.74, 6) is 0.682. The molecule has 0 spiro atoms. The molecule has 2 saturated heterocycles. The summed E-state index contributed by atoms with van der Waals surface area (Å²) >= 11 is 0. The SMILES string of the molecule is CC(C)Cc1ccc(C(=O)N2C[C@@H]3CCCN3C(=O)[C@@H]2C)cc1. The van der Waals surface area contributed by atoms with Gasteiger partial charge in [-0.25, -0.2) is 0 Å². The second-order valence-corrected chi connectivity index (χ2v) is 7.26. The summed E-state index contributed by atoms with van der Waals surface area (Å²) in [5.41, 5.74) is 1.94. The van der Waals surface area contributed by atoms with Gasteiger partial charge in [-0.3, -0.25) is 9.59 Å². The molecule has 23 heavy (non-hydrogen) atoms. The Bertz CT molecular complexity index is 594. The Morgan fingerprint density at radius 1 is 1.26 bits per heavy atom. The highest BCUT2D eigenvalue weighted by Crippen LogP contribution is 2.26. The summed E-state index contributed by atoms with van der Waals surface area (Å²) in [6, 6.07) is 7.73. The van der Waals surface area contributed by atoms with E-state index in [9.17, 15) is 9.59 Å². The molecule has 3 rings (SSSR count). The first-order valence-electron chi connectivity index (χ1n) is 8.67. The van der Waals surface area contributed by atoms with Crippen molar-refractivity contribution in [1.82, 2.24) is 9.80 Å². The number of carbonyl (C=O) groups is 2. The van der Waals surface area contributed by atoms with E-state index in [1.165, 1.54) is 5.56 Å². The number of carbonyl (C=O) groups excluding carboxylic acids is 2. The molecule has 2 aliphatic rings. The topological polar surface area (TPSA) is 40.6 Å². The van der Waals surface area contributed by atoms with Gasteiger partial charge in [0.1, 0.15) is 6.04 Å². The fourth-order valence-electron chi connectivity index (χ4n) is 3.75. The second kappa shape index (κ2) is 6.34. The Hall–Kier alpha value is -1.84. The van der Waals surface area contributed by atoms with Gasteiger partial charge in [-0.2, -0.15) is 0 Å². The molecule has 1 aromatic carbocycles. The molecule has 0 radical (unpaired) electrons. The van der Waals surface area contributed by atoms with E-state index in [0.29, 0.717) is 18.0 Å². The lowest BCUT2D eigenvalue weighted by Gasteiger charge is -2.41. The highest BCUT2D eigenvalue weighted by Gasteiger charge is 2.42. The molecule has 2 fully saturated rings. The molecule has 1 aromatic rings. The minimum absolute atomic E-state index is 0.0199. The molecule has 0 unspecified atom stereocenters. The van der Waals surface area contributed by atoms with E-state index < -0.39 is 0 Å². The van der Waals surface area contributed by atoms with Crippen LogP contribution in [0.25, 0.3) is 0 Å². The van der Waals surface area contributed by atoms with Crippen molar-refractivity contribution in [3.8, 4) is 0 Å². The standard InChI is InChI=1S/C19H26N2O2/c1-13(2)11-15-6-8-16(9-7-15)19(23)21-12-17-5-4-10-20(17)18(22)14(21)3/h6-9,13-14,17H,4-5,10-12H2,1-3H3/t14-,17-/m0/s1. The molecule has 0 bridgehead atoms. The molecule has 2 amide bonds. The number of rotatable bonds is 3. The maximum absolute atomic E-state index is 12.8. The van der Waals surface area contributed by atoms with Gasteiger partial charge in [0.15, 0.2) is 0 Å². The van der Waals surface area contributed by atoms with Gasteiger partial charge < -0.3 is 9.80 Å². The predicted octanol–water partition coefficient (Wildman–Crippen LogP) is 2.72. The maximum Gasteiger partial charge on any atom is 0.254 e. The van der Waals surface area contributed by atoms with Gasteiger partial charge in [0.05, 0.1) is 0 Å². The van der Waals surface area contributed by atoms with E-state index in [0.717, 1.165) is 25.8 Å². The van der Waals surface area contributed by atoms with Crippen molar-refractivity contribution in [1.29, 1.82) is 0 Å². The third kappa shape index (κ3) is 3.12. The van der Waals surface area contributed by atoms with Crippen LogP contribution in [0.2, 0.25) is 0 Å². The molecule has 0 aliphatic carbocycles. The van der Waals surface area contributed by atoms with Gasteiger partial charge in [0.2, 0.25) is 5.91 Å². The fourth-order valence-corrected chi connectivity index (χ4v) is 3.75. The number of amides is 2. The van der Waals surface area contributed by atoms with Gasteiger partial charge in [-0.1, -0.05) is 26.0 Å². The van der Waals surface area contributed by atoms with Gasteiger partial charge in [0, 0.05) is 24.7 Å². The van der Waals surface area contributed by atoms with Gasteiger partial charge in [0.25, 0.3) is 5.91 Å². The van der Waals surface area contributed by atoms with Crippen molar-refractivity contribution >= 4 is 11.8 Å². The third-order valence-electron chi connectivity index (χ3n) is 5.00. The van der Waals surface area contributed by atoms with Crippen LogP contribution in [0.5, 0.6) is 0 Å². The molecule has 2 atom stereocenters. The Balaban J connectivity index is 1.75. The first-order chi connectivity index (χ1) is 11.0. The van der Waals surface area contributed by atoms with Crippen molar-refractivity contribution in [2.75, 3.05) is 13.1 Å². The van der Waals surface area contributed by atoms with Crippen LogP contribution in [-0.4, -0.2) is 46.8 Å². The third-order valence-corrected chi connectivity index (χ3v) is 5.00. The highest BCUT2D eigenvalue weighted by molar-refractivity contribution is 5.98. The van der Waals surface area contributed by atoms with E-state index in [1.807, 2.05) is 36.1 Å². The zero-order valence-corrected chi connectivity index (χ0v) is 14.3. The van der Waals surface area contributed by atoms with Crippen molar-refractivity contribution in [2.24, 2.45) is 5.92 Å². The molecule has 124 valence electrons. The first-order valence-corrected chi connectivity index (χ1v) is 8.67. The molecule has 0 saturated carbocycles. The summed E-state index contributed by atoms with van der Waals surface area (Å²) in [6.45, 7) is 7.74. The molecule has 4 nitrogen and oxygen atoms in total. The lowest BCUT2D eigenvalue weighted by molar-refractivity contribution is -0.141. The normalized spacial score (nSPS) is 24.3. The van der Waals surface area contributed by atoms with Crippen molar-refractivity contribution < 1.29 is 9.59 Å². The van der Waals surface area contributed by atoms with Crippen molar-refractivity contribution in [3.63, 3.8) is 0 Å². The monoisotopic (exact) mass is 314 g/mol. The smallest absolute Gasteiger partial charge is 0.254 e. The molecule has 0 aromatic heterocycles. The van der Waals surface area contributed by atoms with Crippen LogP contribution >= 0.6 is 0 Å². The molecule has 4 heteroatoms. The summed E-state index contributed by atoms with van der Waals surface area (Å²) in [5, 5.41) is 0. The summed E-state index contributed by atoms with van der Waals surface area (Å²) in [6.07, 6.45) is 3.08. The minimum atomic E-state index is -0.354. The van der Waals surface area contributed by atoms with E-state index >= 15 is 0 Å². The minimum Gasteiger partial charge on any atom is -0.336 e. The molecule has 2 heterocycles. The quantitative estimate of drug-likeness (QED) is 0.861. The van der Waals surface area contributed by atoms with Crippen LogP contribution in [0.4, 0.5) is 0 Å². The van der Waals surface area contributed by atoms with Crippen LogP contribution in [0.3, 0.4) is 0 Å². The molecular formula is C19H26N2O2. The van der Waals surface area contributed by atoms with Crippen LogP contribution in [-0.2, 0) is 11.2 Å². The maximum atomic E-state index is 12.8. The van der Waals surface area contributed by atoms with E-state index in [-0.39, 0.29) is 23.9 Å². The number of fused-ring (bicyclic) bond motifs is 1. The van der Waals surface area contributed by atoms with Crippen molar-refractivity contribution in [3.05, 3.63) is 35.4 Å². The number of hydrogen-bond acceptors (Lipinski definition) is 2. The summed E-state index contributed by atoms with van der Waals surface area (Å²) < 4.78 is 0. The fraction of sp³-hybridized carbons (Fsp3) is 0.579. The van der Waals surface area contributed by atoms with Crippen LogP contribution in [0.1, 0.15) is 49.5 Å². The molecule has 0 N–H and O–H groups in total. The van der Waals surface area contributed by atoms with E-state index in [2.05, 4.69) is 13.8 Å². The highest BCUT2D eigenvalue weighted by atomic mass is 16.2. The van der Waals surface area contributed by atoms with Crippen LogP contribution < -0.4 is 0 Å². The number of benzene rings is 1. The Morgan fingerprint density at radius 2 is 1.96 bits per heavy atom. The molecular weight excluding hydrogens is 288 g/mol. The van der Waals surface area contributed by atoms with Gasteiger partial charge in [-0.15, -0.1) is 0 Å². The average Bonchev–Trinajstić information content (AvgIpc) is 2.99. The van der Waals surface area contributed by atoms with Crippen LogP contribution in [0, 0.1) is 5.92 Å². The first kappa shape index (κ1) is 16.0. The van der Waals surface area contributed by atoms with Crippen molar-refractivity contribution in [2.45, 2.75) is 52.1 Å². The number of hydrogen-bond donors (Lipinski definition) is 0. The predicted molar refractivity (Wildman–Crippen MR) is 90.2 cm³/mol. The van der Waals surface area contributed by atoms with Crippen LogP contribution in [0.15, 0.2) is 24.3 Å². The zero-order valence-electron chi connectivity index (χ0n) is 14.3. The summed E-state index contributed by atoms with van der Waals surface area (Å²) in [7, 11) is 0.